The molecule has 0 saturated carbocycles. The summed E-state index contributed by atoms with van der Waals surface area (Å²) in [4.78, 5) is 23.9. The van der Waals surface area contributed by atoms with Crippen LogP contribution in [0, 0.1) is 6.92 Å². The number of esters is 1. The highest BCUT2D eigenvalue weighted by molar-refractivity contribution is 6.31. The number of anilines is 1. The molecule has 0 saturated heterocycles. The van der Waals surface area contributed by atoms with E-state index >= 15 is 0 Å². The van der Waals surface area contributed by atoms with Crippen molar-refractivity contribution in [2.75, 3.05) is 19.0 Å². The number of hydrogen-bond acceptors (Lipinski definition) is 5. The third-order valence-electron chi connectivity index (χ3n) is 3.27. The summed E-state index contributed by atoms with van der Waals surface area (Å²) in [7, 11) is 1.44. The van der Waals surface area contributed by atoms with Gasteiger partial charge >= 0.3 is 5.97 Å². The van der Waals surface area contributed by atoms with E-state index in [9.17, 15) is 14.7 Å². The topological polar surface area (TPSA) is 84.9 Å². The van der Waals surface area contributed by atoms with E-state index in [1.165, 1.54) is 25.3 Å². The summed E-state index contributed by atoms with van der Waals surface area (Å²) in [6, 6.07) is 7.17. The van der Waals surface area contributed by atoms with Crippen LogP contribution in [0.2, 0.25) is 10.0 Å². The quantitative estimate of drug-likeness (QED) is 0.766. The minimum absolute atomic E-state index is 0.0860. The molecule has 0 aromatic heterocycles. The number of carbonyl (C=O) groups is 2. The predicted octanol–water partition coefficient (Wildman–Crippen LogP) is 3.81. The Hall–Kier alpha value is -2.44. The van der Waals surface area contributed by atoms with Gasteiger partial charge < -0.3 is 19.9 Å². The number of phenols is 1. The minimum atomic E-state index is -0.844. The van der Waals surface area contributed by atoms with E-state index in [4.69, 9.17) is 32.7 Å². The summed E-state index contributed by atoms with van der Waals surface area (Å²) in [6.07, 6.45) is 0. The molecule has 0 aliphatic rings. The summed E-state index contributed by atoms with van der Waals surface area (Å²) in [5.74, 6) is -1.36. The Morgan fingerprint density at radius 3 is 2.56 bits per heavy atom. The molecule has 0 radical (unpaired) electrons. The first-order valence-corrected chi connectivity index (χ1v) is 7.87. The van der Waals surface area contributed by atoms with Crippen LogP contribution < -0.4 is 10.1 Å². The van der Waals surface area contributed by atoms with Crippen LogP contribution in [-0.4, -0.2) is 30.7 Å². The van der Waals surface area contributed by atoms with Crippen molar-refractivity contribution in [3.05, 3.63) is 51.5 Å². The Kier molecular flexibility index (Phi) is 6.12. The highest BCUT2D eigenvalue weighted by Crippen LogP contribution is 2.31. The largest absolute Gasteiger partial charge is 0.507 e. The van der Waals surface area contributed by atoms with Crippen molar-refractivity contribution in [1.29, 1.82) is 0 Å². The zero-order valence-electron chi connectivity index (χ0n) is 13.4. The van der Waals surface area contributed by atoms with Gasteiger partial charge in [-0.05, 0) is 36.8 Å². The standard InChI is InChI=1S/C17H15Cl2NO5/c1-9-5-13(15(24-2)7-12(9)19)20-16(22)8-25-17(23)11-4-3-10(18)6-14(11)21/h3-7,21H,8H2,1-2H3,(H,20,22). The number of ether oxygens (including phenoxy) is 2. The van der Waals surface area contributed by atoms with Gasteiger partial charge in [-0.2, -0.15) is 0 Å². The molecular formula is C17H15Cl2NO5. The van der Waals surface area contributed by atoms with Crippen LogP contribution in [0.4, 0.5) is 5.69 Å². The molecule has 0 bridgehead atoms. The van der Waals surface area contributed by atoms with Crippen molar-refractivity contribution in [2.45, 2.75) is 6.92 Å². The maximum Gasteiger partial charge on any atom is 0.342 e. The lowest BCUT2D eigenvalue weighted by Gasteiger charge is -2.12. The highest BCUT2D eigenvalue weighted by atomic mass is 35.5. The van der Waals surface area contributed by atoms with Crippen molar-refractivity contribution in [2.24, 2.45) is 0 Å². The molecule has 132 valence electrons. The van der Waals surface area contributed by atoms with Crippen LogP contribution in [0.1, 0.15) is 15.9 Å². The lowest BCUT2D eigenvalue weighted by atomic mass is 10.2. The zero-order chi connectivity index (χ0) is 18.6. The monoisotopic (exact) mass is 383 g/mol. The molecule has 0 unspecified atom stereocenters. The number of methoxy groups -OCH3 is 1. The Morgan fingerprint density at radius 1 is 1.20 bits per heavy atom. The maximum absolute atomic E-state index is 12.0. The molecule has 0 aliphatic carbocycles. The van der Waals surface area contributed by atoms with Crippen LogP contribution >= 0.6 is 23.2 Å². The average Bonchev–Trinajstić information content (AvgIpc) is 2.55. The van der Waals surface area contributed by atoms with E-state index < -0.39 is 18.5 Å². The first-order chi connectivity index (χ1) is 11.8. The van der Waals surface area contributed by atoms with Gasteiger partial charge in [-0.25, -0.2) is 4.79 Å². The van der Waals surface area contributed by atoms with Gasteiger partial charge in [0, 0.05) is 16.1 Å². The minimum Gasteiger partial charge on any atom is -0.507 e. The van der Waals surface area contributed by atoms with Gasteiger partial charge in [0.1, 0.15) is 17.1 Å². The maximum atomic E-state index is 12.0. The third-order valence-corrected chi connectivity index (χ3v) is 3.91. The Morgan fingerprint density at radius 2 is 1.92 bits per heavy atom. The molecule has 8 heteroatoms. The number of phenolic OH excluding ortho intramolecular Hbond substituents is 1. The number of hydrogen-bond donors (Lipinski definition) is 2. The van der Waals surface area contributed by atoms with E-state index in [-0.39, 0.29) is 16.3 Å². The molecule has 2 aromatic rings. The molecule has 2 N–H and O–H groups in total. The number of carbonyl (C=O) groups excluding carboxylic acids is 2. The van der Waals surface area contributed by atoms with Crippen molar-refractivity contribution in [3.8, 4) is 11.5 Å². The summed E-state index contributed by atoms with van der Waals surface area (Å²) >= 11 is 11.7. The fourth-order valence-electron chi connectivity index (χ4n) is 2.00. The number of benzene rings is 2. The van der Waals surface area contributed by atoms with E-state index in [2.05, 4.69) is 5.32 Å². The number of amides is 1. The third kappa shape index (κ3) is 4.78. The normalized spacial score (nSPS) is 10.2. The number of aromatic hydroxyl groups is 1. The molecular weight excluding hydrogens is 369 g/mol. The second-order valence-electron chi connectivity index (χ2n) is 5.09. The number of rotatable bonds is 5. The van der Waals surface area contributed by atoms with Crippen molar-refractivity contribution < 1.29 is 24.2 Å². The lowest BCUT2D eigenvalue weighted by molar-refractivity contribution is -0.119. The van der Waals surface area contributed by atoms with Crippen LogP contribution in [0.5, 0.6) is 11.5 Å². The van der Waals surface area contributed by atoms with E-state index in [1.807, 2.05) is 0 Å². The molecule has 0 heterocycles. The first-order valence-electron chi connectivity index (χ1n) is 7.11. The van der Waals surface area contributed by atoms with E-state index in [0.717, 1.165) is 5.56 Å². The molecule has 2 aromatic carbocycles. The SMILES string of the molecule is COc1cc(Cl)c(C)cc1NC(=O)COC(=O)c1ccc(Cl)cc1O. The van der Waals surface area contributed by atoms with Gasteiger partial charge in [-0.1, -0.05) is 23.2 Å². The number of nitrogens with one attached hydrogen (secondary N) is 1. The summed E-state index contributed by atoms with van der Waals surface area (Å²) in [5, 5.41) is 13.0. The smallest absolute Gasteiger partial charge is 0.342 e. The van der Waals surface area contributed by atoms with E-state index in [0.29, 0.717) is 16.5 Å². The van der Waals surface area contributed by atoms with Gasteiger partial charge in [0.15, 0.2) is 6.61 Å². The highest BCUT2D eigenvalue weighted by Gasteiger charge is 2.16. The molecule has 0 aliphatic heterocycles. The van der Waals surface area contributed by atoms with Gasteiger partial charge in [0.05, 0.1) is 12.8 Å². The van der Waals surface area contributed by atoms with Crippen molar-refractivity contribution >= 4 is 40.8 Å². The Labute approximate surface area is 154 Å². The van der Waals surface area contributed by atoms with Crippen LogP contribution in [0.15, 0.2) is 30.3 Å². The zero-order valence-corrected chi connectivity index (χ0v) is 14.9. The molecule has 0 atom stereocenters. The average molecular weight is 384 g/mol. The summed E-state index contributed by atoms with van der Waals surface area (Å²) in [5.41, 5.74) is 1.07. The number of halogens is 2. The molecule has 2 rings (SSSR count). The lowest BCUT2D eigenvalue weighted by Crippen LogP contribution is -2.21. The molecule has 25 heavy (non-hydrogen) atoms. The van der Waals surface area contributed by atoms with Crippen molar-refractivity contribution in [3.63, 3.8) is 0 Å². The van der Waals surface area contributed by atoms with Gasteiger partial charge in [0.25, 0.3) is 5.91 Å². The van der Waals surface area contributed by atoms with E-state index in [1.54, 1.807) is 19.1 Å². The molecule has 6 nitrogen and oxygen atoms in total. The fourth-order valence-corrected chi connectivity index (χ4v) is 2.32. The Bertz CT molecular complexity index is 823. The Balaban J connectivity index is 2.01. The fraction of sp³-hybridized carbons (Fsp3) is 0.176. The molecule has 1 amide bonds. The van der Waals surface area contributed by atoms with Crippen molar-refractivity contribution in [1.82, 2.24) is 0 Å². The van der Waals surface area contributed by atoms with Gasteiger partial charge in [-0.15, -0.1) is 0 Å². The summed E-state index contributed by atoms with van der Waals surface area (Å²) in [6.45, 7) is 1.24. The molecule has 0 fully saturated rings. The second-order valence-corrected chi connectivity index (χ2v) is 5.93. The second kappa shape index (κ2) is 8.09. The predicted molar refractivity (Wildman–Crippen MR) is 94.8 cm³/mol. The molecule has 0 spiro atoms. The van der Waals surface area contributed by atoms with Crippen LogP contribution in [-0.2, 0) is 9.53 Å². The van der Waals surface area contributed by atoms with Crippen LogP contribution in [0.25, 0.3) is 0 Å². The first kappa shape index (κ1) is 18.9. The van der Waals surface area contributed by atoms with Crippen LogP contribution in [0.3, 0.4) is 0 Å². The van der Waals surface area contributed by atoms with Gasteiger partial charge in [-0.3, -0.25) is 4.79 Å². The summed E-state index contributed by atoms with van der Waals surface area (Å²) < 4.78 is 10.0. The number of aryl methyl sites for hydroxylation is 1. The van der Waals surface area contributed by atoms with Gasteiger partial charge in [0.2, 0.25) is 0 Å².